The SMILES string of the molecule is CCCCCCCCCCCCCCCC(=O)OC(CCCCCCCCCCCCCCC)CC(=O)N[C@@H](CCC(N)=O)C(=O)N[C@@H](CCC(=O)O)C(=O)O. The summed E-state index contributed by atoms with van der Waals surface area (Å²) < 4.78 is 5.82. The highest BCUT2D eigenvalue weighted by molar-refractivity contribution is 5.91. The third-order valence-corrected chi connectivity index (χ3v) is 10.4. The summed E-state index contributed by atoms with van der Waals surface area (Å²) in [7, 11) is 0. The number of rotatable bonds is 41. The molecule has 0 radical (unpaired) electrons. The average molecular weight is 796 g/mol. The van der Waals surface area contributed by atoms with Gasteiger partial charge in [0.1, 0.15) is 18.2 Å². The quantitative estimate of drug-likeness (QED) is 0.0295. The molecule has 0 bridgehead atoms. The van der Waals surface area contributed by atoms with E-state index in [-0.39, 0.29) is 38.1 Å². The van der Waals surface area contributed by atoms with Gasteiger partial charge in [-0.05, 0) is 32.1 Å². The van der Waals surface area contributed by atoms with Gasteiger partial charge in [0.25, 0.3) is 0 Å². The zero-order valence-electron chi connectivity index (χ0n) is 35.4. The monoisotopic (exact) mass is 796 g/mol. The lowest BCUT2D eigenvalue weighted by atomic mass is 10.0. The number of amides is 3. The standard InChI is InChI=1S/C44H81N3O9/c1-3-5-7-9-11-13-15-17-19-21-23-25-27-29-36(56-42(52)30-28-26-24-22-20-18-16-14-12-10-8-6-4-2)35-40(49)46-37(31-33-39(45)48)43(53)47-38(44(54)55)32-34-41(50)51/h36-38H,3-35H2,1-2H3,(H2,45,48)(H,46,49)(H,47,53)(H,50,51)(H,54,55)/t36?,37-,38-/m0/s1. The molecule has 326 valence electrons. The van der Waals surface area contributed by atoms with Crippen LogP contribution in [0, 0.1) is 0 Å². The number of unbranched alkanes of at least 4 members (excludes halogenated alkanes) is 24. The Morgan fingerprint density at radius 3 is 1.32 bits per heavy atom. The Morgan fingerprint density at radius 1 is 0.500 bits per heavy atom. The molecule has 12 heteroatoms. The van der Waals surface area contributed by atoms with Crippen molar-refractivity contribution in [3.8, 4) is 0 Å². The van der Waals surface area contributed by atoms with Crippen LogP contribution in [0.25, 0.3) is 0 Å². The number of esters is 1. The number of hydrogen-bond acceptors (Lipinski definition) is 7. The van der Waals surface area contributed by atoms with Crippen LogP contribution in [0.4, 0.5) is 0 Å². The molecule has 0 aromatic heterocycles. The molecule has 0 saturated heterocycles. The van der Waals surface area contributed by atoms with E-state index in [1.807, 2.05) is 0 Å². The van der Waals surface area contributed by atoms with Crippen LogP contribution in [-0.2, 0) is 33.5 Å². The number of hydrogen-bond donors (Lipinski definition) is 5. The minimum Gasteiger partial charge on any atom is -0.481 e. The summed E-state index contributed by atoms with van der Waals surface area (Å²) >= 11 is 0. The highest BCUT2D eigenvalue weighted by atomic mass is 16.5. The molecule has 3 atom stereocenters. The van der Waals surface area contributed by atoms with Gasteiger partial charge in [-0.1, -0.05) is 168 Å². The first-order valence-corrected chi connectivity index (χ1v) is 22.5. The summed E-state index contributed by atoms with van der Waals surface area (Å²) in [5.41, 5.74) is 5.29. The highest BCUT2D eigenvalue weighted by Crippen LogP contribution is 2.18. The van der Waals surface area contributed by atoms with E-state index in [1.165, 1.54) is 116 Å². The molecule has 0 spiro atoms. The lowest BCUT2D eigenvalue weighted by Crippen LogP contribution is -2.52. The number of carboxylic acids is 2. The number of carboxylic acid groups (broad SMARTS) is 2. The third-order valence-electron chi connectivity index (χ3n) is 10.4. The Kier molecular flexibility index (Phi) is 35.3. The van der Waals surface area contributed by atoms with Crippen molar-refractivity contribution in [2.45, 2.75) is 244 Å². The molecule has 0 aromatic rings. The molecular weight excluding hydrogens is 714 g/mol. The van der Waals surface area contributed by atoms with Gasteiger partial charge in [0.2, 0.25) is 17.7 Å². The van der Waals surface area contributed by atoms with E-state index in [2.05, 4.69) is 24.5 Å². The van der Waals surface area contributed by atoms with Gasteiger partial charge < -0.3 is 31.3 Å². The molecule has 0 aromatic carbocycles. The second-order valence-corrected chi connectivity index (χ2v) is 15.8. The fraction of sp³-hybridized carbons (Fsp3) is 0.864. The molecule has 1 unspecified atom stereocenters. The molecule has 6 N–H and O–H groups in total. The van der Waals surface area contributed by atoms with Crippen LogP contribution in [0.15, 0.2) is 0 Å². The fourth-order valence-electron chi connectivity index (χ4n) is 6.94. The topological polar surface area (TPSA) is 202 Å². The number of ether oxygens (including phenoxy) is 1. The van der Waals surface area contributed by atoms with Gasteiger partial charge in [-0.15, -0.1) is 0 Å². The summed E-state index contributed by atoms with van der Waals surface area (Å²) in [6, 6.07) is -2.79. The summed E-state index contributed by atoms with van der Waals surface area (Å²) in [4.78, 5) is 73.4. The largest absolute Gasteiger partial charge is 0.481 e. The van der Waals surface area contributed by atoms with E-state index in [0.29, 0.717) is 6.42 Å². The van der Waals surface area contributed by atoms with E-state index in [9.17, 15) is 33.9 Å². The minimum atomic E-state index is -1.50. The van der Waals surface area contributed by atoms with Crippen LogP contribution >= 0.6 is 0 Å². The molecule has 12 nitrogen and oxygen atoms in total. The summed E-state index contributed by atoms with van der Waals surface area (Å²) in [6.07, 6.45) is 29.7. The maximum absolute atomic E-state index is 13.3. The first-order valence-electron chi connectivity index (χ1n) is 22.5. The maximum atomic E-state index is 13.3. The van der Waals surface area contributed by atoms with Crippen LogP contribution in [0.5, 0.6) is 0 Å². The Hall–Kier alpha value is -3.18. The molecule has 0 aliphatic carbocycles. The smallest absolute Gasteiger partial charge is 0.326 e. The fourth-order valence-corrected chi connectivity index (χ4v) is 6.94. The van der Waals surface area contributed by atoms with Gasteiger partial charge in [0.05, 0.1) is 6.42 Å². The van der Waals surface area contributed by atoms with E-state index >= 15 is 0 Å². The zero-order valence-corrected chi connectivity index (χ0v) is 35.4. The zero-order chi connectivity index (χ0) is 41.7. The molecule has 3 amide bonds. The highest BCUT2D eigenvalue weighted by Gasteiger charge is 2.28. The van der Waals surface area contributed by atoms with Gasteiger partial charge in [-0.3, -0.25) is 24.0 Å². The average Bonchev–Trinajstić information content (AvgIpc) is 3.15. The third kappa shape index (κ3) is 34.1. The lowest BCUT2D eigenvalue weighted by Gasteiger charge is -2.23. The Bertz CT molecular complexity index is 1050. The maximum Gasteiger partial charge on any atom is 0.326 e. The number of carbonyl (C=O) groups is 6. The minimum absolute atomic E-state index is 0.180. The number of nitrogens with two attached hydrogens (primary N) is 1. The van der Waals surface area contributed by atoms with Crippen LogP contribution < -0.4 is 16.4 Å². The van der Waals surface area contributed by atoms with Crippen LogP contribution in [0.3, 0.4) is 0 Å². The molecule has 0 fully saturated rings. The molecular formula is C44H81N3O9. The van der Waals surface area contributed by atoms with E-state index in [1.54, 1.807) is 0 Å². The van der Waals surface area contributed by atoms with Crippen molar-refractivity contribution in [2.75, 3.05) is 0 Å². The van der Waals surface area contributed by atoms with Crippen molar-refractivity contribution < 1.29 is 43.7 Å². The summed E-state index contributed by atoms with van der Waals surface area (Å²) in [5.74, 6) is -5.16. The molecule has 0 aliphatic rings. The second-order valence-electron chi connectivity index (χ2n) is 15.8. The molecule has 0 rings (SSSR count). The lowest BCUT2D eigenvalue weighted by molar-refractivity contribution is -0.151. The number of primary amides is 1. The Labute approximate surface area is 339 Å². The van der Waals surface area contributed by atoms with Gasteiger partial charge in [0.15, 0.2) is 0 Å². The predicted octanol–water partition coefficient (Wildman–Crippen LogP) is 9.44. The number of carbonyl (C=O) groups excluding carboxylic acids is 4. The Balaban J connectivity index is 5.02. The van der Waals surface area contributed by atoms with Crippen molar-refractivity contribution in [3.63, 3.8) is 0 Å². The summed E-state index contributed by atoms with van der Waals surface area (Å²) in [6.45, 7) is 4.47. The first kappa shape index (κ1) is 52.8. The van der Waals surface area contributed by atoms with Crippen LogP contribution in [-0.4, -0.2) is 64.0 Å². The van der Waals surface area contributed by atoms with E-state index in [4.69, 9.17) is 15.6 Å². The van der Waals surface area contributed by atoms with Gasteiger partial charge >= 0.3 is 17.9 Å². The molecule has 0 heterocycles. The van der Waals surface area contributed by atoms with Crippen molar-refractivity contribution >= 4 is 35.6 Å². The molecule has 56 heavy (non-hydrogen) atoms. The summed E-state index contributed by atoms with van der Waals surface area (Å²) in [5, 5.41) is 23.3. The van der Waals surface area contributed by atoms with Crippen molar-refractivity contribution in [1.29, 1.82) is 0 Å². The van der Waals surface area contributed by atoms with Gasteiger partial charge in [-0.2, -0.15) is 0 Å². The molecule has 0 aliphatic heterocycles. The van der Waals surface area contributed by atoms with Crippen LogP contribution in [0.1, 0.15) is 226 Å². The van der Waals surface area contributed by atoms with E-state index < -0.39 is 54.3 Å². The van der Waals surface area contributed by atoms with E-state index in [0.717, 1.165) is 51.4 Å². The normalized spacial score (nSPS) is 12.8. The van der Waals surface area contributed by atoms with Crippen molar-refractivity contribution in [2.24, 2.45) is 5.73 Å². The van der Waals surface area contributed by atoms with Crippen molar-refractivity contribution in [1.82, 2.24) is 10.6 Å². The Morgan fingerprint density at radius 2 is 0.911 bits per heavy atom. The van der Waals surface area contributed by atoms with Crippen LogP contribution in [0.2, 0.25) is 0 Å². The van der Waals surface area contributed by atoms with Gasteiger partial charge in [0, 0.05) is 19.3 Å². The second kappa shape index (κ2) is 37.4. The number of aliphatic carboxylic acids is 2. The van der Waals surface area contributed by atoms with Gasteiger partial charge in [-0.25, -0.2) is 4.79 Å². The molecule has 0 saturated carbocycles. The van der Waals surface area contributed by atoms with Crippen molar-refractivity contribution in [3.05, 3.63) is 0 Å². The predicted molar refractivity (Wildman–Crippen MR) is 222 cm³/mol. The number of nitrogens with one attached hydrogen (secondary N) is 2. The first-order chi connectivity index (χ1) is 27.0.